The lowest BCUT2D eigenvalue weighted by Gasteiger charge is -2.08. The lowest BCUT2D eigenvalue weighted by molar-refractivity contribution is -0.124. The molecule has 0 spiro atoms. The van der Waals surface area contributed by atoms with E-state index in [1.165, 1.54) is 12.5 Å². The van der Waals surface area contributed by atoms with Gasteiger partial charge >= 0.3 is 0 Å². The van der Waals surface area contributed by atoms with Gasteiger partial charge in [0.15, 0.2) is 0 Å². The number of allylic oxidation sites excluding steroid dienone is 2. The average molecular weight is 329 g/mol. The highest BCUT2D eigenvalue weighted by Gasteiger charge is 2.08. The molecular weight excluding hydrogens is 306 g/mol. The van der Waals surface area contributed by atoms with Crippen molar-refractivity contribution in [1.82, 2.24) is 5.43 Å². The van der Waals surface area contributed by atoms with E-state index in [1.807, 2.05) is 32.0 Å². The maximum absolute atomic E-state index is 11.9. The van der Waals surface area contributed by atoms with E-state index in [4.69, 9.17) is 4.74 Å². The minimum Gasteiger partial charge on any atom is -0.464 e. The van der Waals surface area contributed by atoms with Crippen LogP contribution in [0.25, 0.3) is 0 Å². The second kappa shape index (κ2) is 9.99. The number of nitrogens with zero attached hydrogens (tertiary/aromatic N) is 1. The zero-order valence-electron chi connectivity index (χ0n) is 14.3. The fourth-order valence-corrected chi connectivity index (χ4v) is 1.81. The number of ether oxygens (including phenoxy) is 1. The molecule has 0 heterocycles. The van der Waals surface area contributed by atoms with Crippen molar-refractivity contribution >= 4 is 23.7 Å². The second-order valence-electron chi connectivity index (χ2n) is 5.21. The van der Waals surface area contributed by atoms with Gasteiger partial charge in [0.25, 0.3) is 0 Å². The Morgan fingerprint density at radius 1 is 1.25 bits per heavy atom. The van der Waals surface area contributed by atoms with Gasteiger partial charge in [0.05, 0.1) is 12.5 Å². The molecule has 0 atom stereocenters. The van der Waals surface area contributed by atoms with E-state index >= 15 is 0 Å². The first-order chi connectivity index (χ1) is 11.4. The summed E-state index contributed by atoms with van der Waals surface area (Å²) in [5, 5.41) is 6.49. The van der Waals surface area contributed by atoms with Crippen LogP contribution in [0.2, 0.25) is 0 Å². The molecule has 6 heteroatoms. The van der Waals surface area contributed by atoms with Gasteiger partial charge in [-0.05, 0) is 32.4 Å². The number of rotatable bonds is 8. The number of hydrazone groups is 1. The summed E-state index contributed by atoms with van der Waals surface area (Å²) in [5.41, 5.74) is 5.18. The van der Waals surface area contributed by atoms with Crippen LogP contribution in [-0.2, 0) is 14.3 Å². The molecule has 0 bridgehead atoms. The molecule has 0 aliphatic heterocycles. The number of benzene rings is 1. The molecule has 0 unspecified atom stereocenters. The van der Waals surface area contributed by atoms with Crippen molar-refractivity contribution in [3.8, 4) is 0 Å². The molecule has 0 aliphatic rings. The van der Waals surface area contributed by atoms with E-state index < -0.39 is 0 Å². The Hall–Kier alpha value is -2.89. The number of nitrogens with one attached hydrogen (secondary N) is 2. The molecule has 6 nitrogen and oxygen atoms in total. The summed E-state index contributed by atoms with van der Waals surface area (Å²) < 4.78 is 5.02. The molecular formula is C18H23N3O3. The maximum Gasteiger partial charge on any atom is 0.240 e. The average Bonchev–Trinajstić information content (AvgIpc) is 2.53. The molecule has 0 aromatic heterocycles. The molecule has 1 aromatic rings. The van der Waals surface area contributed by atoms with Gasteiger partial charge in [-0.25, -0.2) is 5.43 Å². The van der Waals surface area contributed by atoms with Crippen LogP contribution in [0, 0.1) is 13.8 Å². The Balaban J connectivity index is 2.34. The van der Waals surface area contributed by atoms with Gasteiger partial charge in [-0.2, -0.15) is 5.10 Å². The minimum atomic E-state index is -0.360. The highest BCUT2D eigenvalue weighted by atomic mass is 16.5. The number of hydrogen-bond donors (Lipinski definition) is 2. The van der Waals surface area contributed by atoms with Gasteiger partial charge in [0.2, 0.25) is 11.8 Å². The van der Waals surface area contributed by atoms with Crippen molar-refractivity contribution in [2.75, 3.05) is 5.32 Å². The Morgan fingerprint density at radius 3 is 2.62 bits per heavy atom. The third-order valence-electron chi connectivity index (χ3n) is 2.99. The van der Waals surface area contributed by atoms with E-state index in [9.17, 15) is 9.59 Å². The van der Waals surface area contributed by atoms with Gasteiger partial charge in [-0.3, -0.25) is 9.59 Å². The molecule has 1 rings (SSSR count). The van der Waals surface area contributed by atoms with Gasteiger partial charge in [-0.15, -0.1) is 0 Å². The maximum atomic E-state index is 11.9. The van der Waals surface area contributed by atoms with Crippen LogP contribution in [0.15, 0.2) is 48.0 Å². The highest BCUT2D eigenvalue weighted by Crippen LogP contribution is 2.16. The molecule has 0 saturated heterocycles. The van der Waals surface area contributed by atoms with Gasteiger partial charge in [0.1, 0.15) is 5.76 Å². The third kappa shape index (κ3) is 7.40. The summed E-state index contributed by atoms with van der Waals surface area (Å²) >= 11 is 0. The van der Waals surface area contributed by atoms with Crippen molar-refractivity contribution in [3.63, 3.8) is 0 Å². The monoisotopic (exact) mass is 329 g/mol. The van der Waals surface area contributed by atoms with Crippen molar-refractivity contribution in [1.29, 1.82) is 0 Å². The molecule has 1 aromatic carbocycles. The van der Waals surface area contributed by atoms with Crippen LogP contribution in [-0.4, -0.2) is 18.0 Å². The first-order valence-electron chi connectivity index (χ1n) is 7.58. The molecule has 0 aliphatic carbocycles. The SMILES string of the molecule is C=C(/C=N/NC(=O)CCC(=O)Nc1ccc(C)cc1C)O/C=C\C. The molecule has 0 fully saturated rings. The topological polar surface area (TPSA) is 79.8 Å². The summed E-state index contributed by atoms with van der Waals surface area (Å²) in [4.78, 5) is 23.5. The lowest BCUT2D eigenvalue weighted by Crippen LogP contribution is -2.21. The summed E-state index contributed by atoms with van der Waals surface area (Å²) in [6.07, 6.45) is 4.55. The normalized spacial score (nSPS) is 10.8. The number of hydrogen-bond acceptors (Lipinski definition) is 4. The fourth-order valence-electron chi connectivity index (χ4n) is 1.81. The molecule has 24 heavy (non-hydrogen) atoms. The van der Waals surface area contributed by atoms with Crippen molar-refractivity contribution in [3.05, 3.63) is 54.0 Å². The van der Waals surface area contributed by atoms with Crippen LogP contribution in [0.1, 0.15) is 30.9 Å². The molecule has 2 N–H and O–H groups in total. The lowest BCUT2D eigenvalue weighted by atomic mass is 10.1. The molecule has 0 saturated carbocycles. The molecule has 0 radical (unpaired) electrons. The first kappa shape index (κ1) is 19.2. The Kier molecular flexibility index (Phi) is 7.98. The van der Waals surface area contributed by atoms with Gasteiger partial charge in [0, 0.05) is 18.5 Å². The van der Waals surface area contributed by atoms with E-state index in [-0.39, 0.29) is 24.7 Å². The van der Waals surface area contributed by atoms with Crippen molar-refractivity contribution in [2.45, 2.75) is 33.6 Å². The van der Waals surface area contributed by atoms with E-state index in [0.717, 1.165) is 16.8 Å². The Bertz CT molecular complexity index is 663. The highest BCUT2D eigenvalue weighted by molar-refractivity contribution is 5.93. The van der Waals surface area contributed by atoms with E-state index in [0.29, 0.717) is 5.76 Å². The zero-order chi connectivity index (χ0) is 17.9. The minimum absolute atomic E-state index is 0.0380. The van der Waals surface area contributed by atoms with Crippen LogP contribution in [0.3, 0.4) is 0 Å². The number of anilines is 1. The summed E-state index contributed by atoms with van der Waals surface area (Å²) in [5.74, 6) is -0.288. The summed E-state index contributed by atoms with van der Waals surface area (Å²) in [6, 6.07) is 5.76. The first-order valence-corrected chi connectivity index (χ1v) is 7.58. The predicted molar refractivity (Wildman–Crippen MR) is 95.5 cm³/mol. The van der Waals surface area contributed by atoms with Crippen LogP contribution >= 0.6 is 0 Å². The number of carbonyl (C=O) groups excluding carboxylic acids is 2. The Morgan fingerprint density at radius 2 is 1.96 bits per heavy atom. The predicted octanol–water partition coefficient (Wildman–Crippen LogP) is 3.19. The smallest absolute Gasteiger partial charge is 0.240 e. The largest absolute Gasteiger partial charge is 0.464 e. The van der Waals surface area contributed by atoms with Crippen molar-refractivity contribution < 1.29 is 14.3 Å². The number of amides is 2. The number of carbonyl (C=O) groups is 2. The van der Waals surface area contributed by atoms with Gasteiger partial charge in [-0.1, -0.05) is 30.4 Å². The summed E-state index contributed by atoms with van der Waals surface area (Å²) in [6.45, 7) is 9.30. The second-order valence-corrected chi connectivity index (χ2v) is 5.21. The van der Waals surface area contributed by atoms with Crippen molar-refractivity contribution in [2.24, 2.45) is 5.10 Å². The van der Waals surface area contributed by atoms with E-state index in [1.54, 1.807) is 13.0 Å². The van der Waals surface area contributed by atoms with Gasteiger partial charge < -0.3 is 10.1 Å². The summed E-state index contributed by atoms with van der Waals surface area (Å²) in [7, 11) is 0. The number of aryl methyl sites for hydroxylation is 2. The zero-order valence-corrected chi connectivity index (χ0v) is 14.3. The standard InChI is InChI=1S/C18H23N3O3/c1-5-10-24-15(4)12-19-21-18(23)9-8-17(22)20-16-7-6-13(2)11-14(16)3/h5-7,10-12H,4,8-9H2,1-3H3,(H,20,22)(H,21,23)/b10-5-,19-12+. The molecule has 2 amide bonds. The Labute approximate surface area is 142 Å². The van der Waals surface area contributed by atoms with Crippen LogP contribution in [0.4, 0.5) is 5.69 Å². The third-order valence-corrected chi connectivity index (χ3v) is 2.99. The molecule has 128 valence electrons. The van der Waals surface area contributed by atoms with Crippen LogP contribution < -0.4 is 10.7 Å². The van der Waals surface area contributed by atoms with E-state index in [2.05, 4.69) is 22.4 Å². The van der Waals surface area contributed by atoms with Crippen LogP contribution in [0.5, 0.6) is 0 Å². The quantitative estimate of drug-likeness (QED) is 0.437. The fraction of sp³-hybridized carbons (Fsp3) is 0.278.